The molecule has 0 saturated heterocycles. The standard InChI is InChI=1S/C12H13NO3S/c1-7(2)10(12(15)16)13-11(14)8-5-3-4-6-9(8)17-13/h3-7,10H,1-2H3,(H,15,16). The SMILES string of the molecule is CC(C)C(C(=O)O)n1sc2ccccc2c1=O. The number of aliphatic carboxylic acids is 1. The number of hydrogen-bond donors (Lipinski definition) is 1. The van der Waals surface area contributed by atoms with Crippen LogP contribution in [-0.4, -0.2) is 15.0 Å². The van der Waals surface area contributed by atoms with Crippen LogP contribution in [0.2, 0.25) is 0 Å². The van der Waals surface area contributed by atoms with Gasteiger partial charge in [-0.2, -0.15) is 0 Å². The zero-order chi connectivity index (χ0) is 12.6. The Morgan fingerprint density at radius 2 is 2.00 bits per heavy atom. The molecule has 0 aliphatic carbocycles. The fourth-order valence-corrected chi connectivity index (χ4v) is 3.06. The quantitative estimate of drug-likeness (QED) is 0.910. The van der Waals surface area contributed by atoms with Gasteiger partial charge >= 0.3 is 5.97 Å². The first kappa shape index (κ1) is 11.9. The highest BCUT2D eigenvalue weighted by Gasteiger charge is 2.26. The molecule has 0 aliphatic rings. The summed E-state index contributed by atoms with van der Waals surface area (Å²) in [5.74, 6) is -1.09. The number of nitrogens with zero attached hydrogens (tertiary/aromatic N) is 1. The predicted molar refractivity (Wildman–Crippen MR) is 67.6 cm³/mol. The minimum Gasteiger partial charge on any atom is -0.480 e. The maximum absolute atomic E-state index is 12.1. The number of fused-ring (bicyclic) bond motifs is 1. The van der Waals surface area contributed by atoms with Crippen LogP contribution in [0.25, 0.3) is 10.1 Å². The van der Waals surface area contributed by atoms with E-state index in [2.05, 4.69) is 0 Å². The van der Waals surface area contributed by atoms with Crippen LogP contribution in [-0.2, 0) is 4.79 Å². The van der Waals surface area contributed by atoms with Gasteiger partial charge in [0.15, 0.2) is 0 Å². The van der Waals surface area contributed by atoms with Crippen molar-refractivity contribution < 1.29 is 9.90 Å². The molecule has 1 aromatic heterocycles. The van der Waals surface area contributed by atoms with Gasteiger partial charge in [0.25, 0.3) is 5.56 Å². The molecule has 0 radical (unpaired) electrons. The van der Waals surface area contributed by atoms with Gasteiger partial charge in [0, 0.05) is 0 Å². The van der Waals surface area contributed by atoms with E-state index in [1.54, 1.807) is 26.0 Å². The average molecular weight is 251 g/mol. The molecule has 2 aromatic rings. The van der Waals surface area contributed by atoms with Crippen molar-refractivity contribution in [1.29, 1.82) is 0 Å². The smallest absolute Gasteiger partial charge is 0.328 e. The molecule has 0 fully saturated rings. The first-order valence-corrected chi connectivity index (χ1v) is 6.13. The summed E-state index contributed by atoms with van der Waals surface area (Å²) < 4.78 is 2.18. The second-order valence-corrected chi connectivity index (χ2v) is 5.26. The zero-order valence-corrected chi connectivity index (χ0v) is 10.4. The molecule has 0 bridgehead atoms. The van der Waals surface area contributed by atoms with Crippen LogP contribution >= 0.6 is 11.5 Å². The Kier molecular flexibility index (Phi) is 3.02. The van der Waals surface area contributed by atoms with E-state index < -0.39 is 12.0 Å². The van der Waals surface area contributed by atoms with Crippen LogP contribution in [0.15, 0.2) is 29.1 Å². The fourth-order valence-electron chi connectivity index (χ4n) is 1.83. The van der Waals surface area contributed by atoms with E-state index in [1.165, 1.54) is 15.5 Å². The predicted octanol–water partition coefficient (Wildman–Crippen LogP) is 2.34. The Hall–Kier alpha value is -1.62. The second-order valence-electron chi connectivity index (χ2n) is 4.25. The van der Waals surface area contributed by atoms with Gasteiger partial charge in [-0.1, -0.05) is 37.5 Å². The fraction of sp³-hybridized carbons (Fsp3) is 0.333. The molecule has 2 rings (SSSR count). The Labute approximate surface area is 102 Å². The number of hydrogen-bond acceptors (Lipinski definition) is 3. The molecule has 0 spiro atoms. The Morgan fingerprint density at radius 3 is 2.53 bits per heavy atom. The highest BCUT2D eigenvalue weighted by Crippen LogP contribution is 2.24. The van der Waals surface area contributed by atoms with Crippen LogP contribution < -0.4 is 5.56 Å². The molecular weight excluding hydrogens is 238 g/mol. The van der Waals surface area contributed by atoms with E-state index in [0.717, 1.165) is 4.70 Å². The third-order valence-electron chi connectivity index (χ3n) is 2.65. The largest absolute Gasteiger partial charge is 0.480 e. The molecular formula is C12H13NO3S. The van der Waals surface area contributed by atoms with Gasteiger partial charge in [-0.15, -0.1) is 0 Å². The van der Waals surface area contributed by atoms with Crippen LogP contribution in [0.1, 0.15) is 19.9 Å². The minimum atomic E-state index is -0.964. The van der Waals surface area contributed by atoms with Crippen molar-refractivity contribution in [2.24, 2.45) is 5.92 Å². The lowest BCUT2D eigenvalue weighted by atomic mass is 10.1. The summed E-state index contributed by atoms with van der Waals surface area (Å²) in [5.41, 5.74) is -0.216. The van der Waals surface area contributed by atoms with Gasteiger partial charge in [0.2, 0.25) is 0 Å². The molecule has 5 heteroatoms. The summed E-state index contributed by atoms with van der Waals surface area (Å²) in [6.07, 6.45) is 0. The second kappa shape index (κ2) is 4.33. The zero-order valence-electron chi connectivity index (χ0n) is 9.58. The topological polar surface area (TPSA) is 59.3 Å². The normalized spacial score (nSPS) is 13.1. The highest BCUT2D eigenvalue weighted by atomic mass is 32.1. The molecule has 1 unspecified atom stereocenters. The molecule has 0 saturated carbocycles. The molecule has 1 N–H and O–H groups in total. The molecule has 1 atom stereocenters. The van der Waals surface area contributed by atoms with Gasteiger partial charge in [-0.3, -0.25) is 4.79 Å². The monoisotopic (exact) mass is 251 g/mol. The van der Waals surface area contributed by atoms with E-state index in [0.29, 0.717) is 5.39 Å². The lowest BCUT2D eigenvalue weighted by Gasteiger charge is -2.15. The maximum atomic E-state index is 12.1. The third-order valence-corrected chi connectivity index (χ3v) is 3.79. The van der Waals surface area contributed by atoms with Crippen molar-refractivity contribution in [3.63, 3.8) is 0 Å². The van der Waals surface area contributed by atoms with Gasteiger partial charge < -0.3 is 5.11 Å². The van der Waals surface area contributed by atoms with Crippen LogP contribution in [0.3, 0.4) is 0 Å². The minimum absolute atomic E-state index is 0.127. The van der Waals surface area contributed by atoms with Crippen LogP contribution in [0, 0.1) is 5.92 Å². The third kappa shape index (κ3) is 1.98. The van der Waals surface area contributed by atoms with E-state index in [1.807, 2.05) is 12.1 Å². The summed E-state index contributed by atoms with van der Waals surface area (Å²) in [4.78, 5) is 23.3. The molecule has 17 heavy (non-hydrogen) atoms. The molecule has 4 nitrogen and oxygen atoms in total. The van der Waals surface area contributed by atoms with Gasteiger partial charge in [0.05, 0.1) is 10.1 Å². The summed E-state index contributed by atoms with van der Waals surface area (Å²) in [5, 5.41) is 9.78. The number of carbonyl (C=O) groups is 1. The number of benzene rings is 1. The van der Waals surface area contributed by atoms with E-state index in [4.69, 9.17) is 0 Å². The van der Waals surface area contributed by atoms with E-state index >= 15 is 0 Å². The summed E-state index contributed by atoms with van der Waals surface area (Å²) in [6.45, 7) is 3.60. The van der Waals surface area contributed by atoms with Gasteiger partial charge in [-0.25, -0.2) is 8.75 Å². The van der Waals surface area contributed by atoms with Crippen molar-refractivity contribution in [2.75, 3.05) is 0 Å². The molecule has 0 amide bonds. The van der Waals surface area contributed by atoms with Crippen molar-refractivity contribution in [3.05, 3.63) is 34.6 Å². The molecule has 0 aliphatic heterocycles. The number of carboxylic acid groups (broad SMARTS) is 1. The van der Waals surface area contributed by atoms with Crippen LogP contribution in [0.5, 0.6) is 0 Å². The first-order chi connectivity index (χ1) is 8.02. The van der Waals surface area contributed by atoms with Crippen molar-refractivity contribution in [1.82, 2.24) is 3.96 Å². The Morgan fingerprint density at radius 1 is 1.35 bits per heavy atom. The van der Waals surface area contributed by atoms with Crippen molar-refractivity contribution >= 4 is 27.6 Å². The lowest BCUT2D eigenvalue weighted by Crippen LogP contribution is -2.29. The van der Waals surface area contributed by atoms with E-state index in [9.17, 15) is 14.7 Å². The summed E-state index contributed by atoms with van der Waals surface area (Å²) in [7, 11) is 0. The number of rotatable bonds is 3. The number of carboxylic acids is 1. The Balaban J connectivity index is 2.66. The molecule has 1 heterocycles. The van der Waals surface area contributed by atoms with Crippen molar-refractivity contribution in [2.45, 2.75) is 19.9 Å². The number of aromatic nitrogens is 1. The van der Waals surface area contributed by atoms with E-state index in [-0.39, 0.29) is 11.5 Å². The lowest BCUT2D eigenvalue weighted by molar-refractivity contribution is -0.142. The highest BCUT2D eigenvalue weighted by molar-refractivity contribution is 7.14. The Bertz CT molecular complexity index is 611. The average Bonchev–Trinajstić information content (AvgIpc) is 2.56. The van der Waals surface area contributed by atoms with Crippen molar-refractivity contribution in [3.8, 4) is 0 Å². The van der Waals surface area contributed by atoms with Gasteiger partial charge in [-0.05, 0) is 18.1 Å². The maximum Gasteiger partial charge on any atom is 0.328 e. The summed E-state index contributed by atoms with van der Waals surface area (Å²) in [6, 6.07) is 6.39. The molecule has 1 aromatic carbocycles. The van der Waals surface area contributed by atoms with Crippen LogP contribution in [0.4, 0.5) is 0 Å². The van der Waals surface area contributed by atoms with Gasteiger partial charge in [0.1, 0.15) is 6.04 Å². The summed E-state index contributed by atoms with van der Waals surface area (Å²) >= 11 is 1.21. The molecule has 90 valence electrons. The first-order valence-electron chi connectivity index (χ1n) is 5.35.